The van der Waals surface area contributed by atoms with Gasteiger partial charge in [-0.2, -0.15) is 24.5 Å². The Labute approximate surface area is 99.7 Å². The lowest BCUT2D eigenvalue weighted by Gasteiger charge is -2.38. The summed E-state index contributed by atoms with van der Waals surface area (Å²) in [6.07, 6.45) is 3.19. The van der Waals surface area contributed by atoms with E-state index in [9.17, 15) is 8.42 Å². The minimum atomic E-state index is -3.57. The molecule has 0 saturated carbocycles. The molecule has 1 rings (SSSR count). The molecule has 0 aromatic carbocycles. The van der Waals surface area contributed by atoms with Crippen LogP contribution in [-0.2, 0) is 10.2 Å². The highest BCUT2D eigenvalue weighted by atomic mass is 32.2. The summed E-state index contributed by atoms with van der Waals surface area (Å²) in [6, 6.07) is 0. The van der Waals surface area contributed by atoms with E-state index in [1.165, 1.54) is 4.31 Å². The fourth-order valence-electron chi connectivity index (χ4n) is 1.65. The Bertz CT molecular complexity index is 346. The summed E-state index contributed by atoms with van der Waals surface area (Å²) in [6.45, 7) is 0.772. The molecule has 0 bridgehead atoms. The number of thiocarbonyl (C=S) groups is 1. The first-order valence-corrected chi connectivity index (χ1v) is 7.58. The lowest BCUT2D eigenvalue weighted by atomic mass is 9.97. The third-order valence-corrected chi connectivity index (χ3v) is 5.74. The first kappa shape index (κ1) is 13.2. The predicted octanol–water partition coefficient (Wildman–Crippen LogP) is -0.326. The van der Waals surface area contributed by atoms with Crippen LogP contribution in [0, 0.1) is 0 Å². The normalized spacial score (nSPS) is 22.5. The highest BCUT2D eigenvalue weighted by Gasteiger charge is 2.38. The van der Waals surface area contributed by atoms with Gasteiger partial charge in [0.1, 0.15) is 0 Å². The standard InChI is InChI=1S/C7H15N3O2S3/c1-14-7(6(8)13)2-4-10(5-3-7)15(9,11)12/h2-5H2,1H3,(H2,8,13)(H2,9,11,12). The van der Waals surface area contributed by atoms with Gasteiger partial charge < -0.3 is 5.73 Å². The number of piperidine rings is 1. The zero-order chi connectivity index (χ0) is 11.7. The Kier molecular flexibility index (Phi) is 3.99. The minimum Gasteiger partial charge on any atom is -0.392 e. The Hall–Kier alpha value is 0.110. The van der Waals surface area contributed by atoms with Gasteiger partial charge in [0, 0.05) is 13.1 Å². The maximum absolute atomic E-state index is 11.1. The van der Waals surface area contributed by atoms with E-state index < -0.39 is 10.2 Å². The number of hydrogen-bond donors (Lipinski definition) is 2. The highest BCUT2D eigenvalue weighted by molar-refractivity contribution is 8.02. The quantitative estimate of drug-likeness (QED) is 0.685. The zero-order valence-corrected chi connectivity index (χ0v) is 10.9. The SMILES string of the molecule is CSC1(C(N)=S)CCN(S(N)(=O)=O)CC1. The Morgan fingerprint density at radius 3 is 2.20 bits per heavy atom. The van der Waals surface area contributed by atoms with Crippen molar-refractivity contribution in [1.29, 1.82) is 0 Å². The van der Waals surface area contributed by atoms with Crippen molar-refractivity contribution < 1.29 is 8.42 Å². The summed E-state index contributed by atoms with van der Waals surface area (Å²) >= 11 is 6.60. The average molecular weight is 269 g/mol. The second-order valence-corrected chi connectivity index (χ2v) is 6.68. The first-order chi connectivity index (χ1) is 6.82. The number of nitrogens with two attached hydrogens (primary N) is 2. The lowest BCUT2D eigenvalue weighted by Crippen LogP contribution is -2.51. The number of hydrogen-bond acceptors (Lipinski definition) is 4. The van der Waals surface area contributed by atoms with E-state index in [2.05, 4.69) is 0 Å². The van der Waals surface area contributed by atoms with Crippen molar-refractivity contribution in [1.82, 2.24) is 4.31 Å². The maximum Gasteiger partial charge on any atom is 0.276 e. The lowest BCUT2D eigenvalue weighted by molar-refractivity contribution is 0.333. The van der Waals surface area contributed by atoms with Gasteiger partial charge in [0.15, 0.2) is 0 Å². The molecule has 0 unspecified atom stereocenters. The third-order valence-electron chi connectivity index (χ3n) is 2.73. The van der Waals surface area contributed by atoms with Crippen LogP contribution < -0.4 is 10.9 Å². The third kappa shape index (κ3) is 2.82. The molecule has 8 heteroatoms. The summed E-state index contributed by atoms with van der Waals surface area (Å²) in [5.74, 6) is 0. The van der Waals surface area contributed by atoms with Gasteiger partial charge in [0.25, 0.3) is 10.2 Å². The molecule has 88 valence electrons. The topological polar surface area (TPSA) is 89.4 Å². The highest BCUT2D eigenvalue weighted by Crippen LogP contribution is 2.35. The van der Waals surface area contributed by atoms with Crippen LogP contribution in [0.1, 0.15) is 12.8 Å². The maximum atomic E-state index is 11.1. The van der Waals surface area contributed by atoms with Crippen LogP contribution in [-0.4, -0.2) is 41.8 Å². The molecule has 0 amide bonds. The monoisotopic (exact) mass is 269 g/mol. The van der Waals surface area contributed by atoms with Crippen molar-refractivity contribution in [3.63, 3.8) is 0 Å². The number of rotatable bonds is 3. The molecule has 1 aliphatic heterocycles. The van der Waals surface area contributed by atoms with Gasteiger partial charge in [-0.3, -0.25) is 0 Å². The van der Waals surface area contributed by atoms with Gasteiger partial charge in [-0.25, -0.2) is 5.14 Å². The molecule has 0 radical (unpaired) electrons. The minimum absolute atomic E-state index is 0.267. The van der Waals surface area contributed by atoms with Crippen molar-refractivity contribution in [3.8, 4) is 0 Å². The Morgan fingerprint density at radius 1 is 1.47 bits per heavy atom. The molecule has 1 aliphatic rings. The van der Waals surface area contributed by atoms with Crippen LogP contribution in [0.15, 0.2) is 0 Å². The van der Waals surface area contributed by atoms with Gasteiger partial charge in [-0.05, 0) is 19.1 Å². The van der Waals surface area contributed by atoms with Gasteiger partial charge in [-0.15, -0.1) is 0 Å². The molecular weight excluding hydrogens is 254 g/mol. The van der Waals surface area contributed by atoms with E-state index >= 15 is 0 Å². The Balaban J connectivity index is 2.74. The predicted molar refractivity (Wildman–Crippen MR) is 66.9 cm³/mol. The van der Waals surface area contributed by atoms with E-state index in [1.807, 2.05) is 6.26 Å². The van der Waals surface area contributed by atoms with E-state index in [1.54, 1.807) is 11.8 Å². The summed E-state index contributed by atoms with van der Waals surface area (Å²) in [7, 11) is -3.57. The second kappa shape index (κ2) is 4.54. The van der Waals surface area contributed by atoms with Gasteiger partial charge >= 0.3 is 0 Å². The van der Waals surface area contributed by atoms with Gasteiger partial charge in [0.05, 0.1) is 9.74 Å². The molecule has 1 saturated heterocycles. The molecule has 15 heavy (non-hydrogen) atoms. The van der Waals surface area contributed by atoms with Gasteiger partial charge in [-0.1, -0.05) is 12.2 Å². The average Bonchev–Trinajstić information content (AvgIpc) is 2.16. The van der Waals surface area contributed by atoms with E-state index in [4.69, 9.17) is 23.1 Å². The number of thioether (sulfide) groups is 1. The molecule has 0 aliphatic carbocycles. The van der Waals surface area contributed by atoms with Crippen LogP contribution in [0.25, 0.3) is 0 Å². The molecule has 0 aromatic rings. The molecule has 1 heterocycles. The van der Waals surface area contributed by atoms with E-state index in [0.29, 0.717) is 30.9 Å². The second-order valence-electron chi connectivity index (χ2n) is 3.51. The van der Waals surface area contributed by atoms with E-state index in [-0.39, 0.29) is 4.75 Å². The molecule has 0 aromatic heterocycles. The molecule has 4 N–H and O–H groups in total. The molecular formula is C7H15N3O2S3. The van der Waals surface area contributed by atoms with Crippen molar-refractivity contribution in [2.24, 2.45) is 10.9 Å². The molecule has 5 nitrogen and oxygen atoms in total. The zero-order valence-electron chi connectivity index (χ0n) is 8.47. The number of nitrogens with zero attached hydrogens (tertiary/aromatic N) is 1. The summed E-state index contributed by atoms with van der Waals surface area (Å²) < 4.78 is 23.2. The molecule has 0 atom stereocenters. The van der Waals surface area contributed by atoms with Crippen LogP contribution in [0.4, 0.5) is 0 Å². The summed E-state index contributed by atoms with van der Waals surface area (Å²) in [5, 5.41) is 5.04. The van der Waals surface area contributed by atoms with Crippen molar-refractivity contribution in [2.75, 3.05) is 19.3 Å². The largest absolute Gasteiger partial charge is 0.392 e. The van der Waals surface area contributed by atoms with Crippen molar-refractivity contribution >= 4 is 39.2 Å². The van der Waals surface area contributed by atoms with E-state index in [0.717, 1.165) is 0 Å². The molecule has 1 fully saturated rings. The smallest absolute Gasteiger partial charge is 0.276 e. The summed E-state index contributed by atoms with van der Waals surface area (Å²) in [4.78, 5) is 0.448. The summed E-state index contributed by atoms with van der Waals surface area (Å²) in [5.41, 5.74) is 5.68. The molecule has 0 spiro atoms. The van der Waals surface area contributed by atoms with Crippen molar-refractivity contribution in [3.05, 3.63) is 0 Å². The Morgan fingerprint density at radius 2 is 1.93 bits per heavy atom. The van der Waals surface area contributed by atoms with Crippen LogP contribution >= 0.6 is 24.0 Å². The van der Waals surface area contributed by atoms with Crippen LogP contribution in [0.3, 0.4) is 0 Å². The first-order valence-electron chi connectivity index (χ1n) is 4.45. The van der Waals surface area contributed by atoms with Gasteiger partial charge in [0.2, 0.25) is 0 Å². The fourth-order valence-corrected chi connectivity index (χ4v) is 3.59. The van der Waals surface area contributed by atoms with Crippen LogP contribution in [0.2, 0.25) is 0 Å². The fraction of sp³-hybridized carbons (Fsp3) is 0.857. The van der Waals surface area contributed by atoms with Crippen LogP contribution in [0.5, 0.6) is 0 Å². The van der Waals surface area contributed by atoms with Crippen molar-refractivity contribution in [2.45, 2.75) is 17.6 Å².